The van der Waals surface area contributed by atoms with Crippen molar-refractivity contribution in [1.82, 2.24) is 29.5 Å². The number of anilines is 1. The lowest BCUT2D eigenvalue weighted by Gasteiger charge is -2.37. The number of rotatable bonds is 8. The number of fused-ring (bicyclic) bond motifs is 1. The molecule has 9 heteroatoms. The number of piperazine rings is 1. The molecule has 1 saturated heterocycles. The van der Waals surface area contributed by atoms with E-state index < -0.39 is 0 Å². The molecule has 0 bridgehead atoms. The number of nitrogens with zero attached hydrogens (tertiary/aromatic N) is 6. The lowest BCUT2D eigenvalue weighted by molar-refractivity contribution is -0.121. The Bertz CT molecular complexity index is 1350. The van der Waals surface area contributed by atoms with Gasteiger partial charge in [0.15, 0.2) is 0 Å². The first-order valence-electron chi connectivity index (χ1n) is 13.4. The number of amides is 1. The summed E-state index contributed by atoms with van der Waals surface area (Å²) in [4.78, 5) is 27.5. The summed E-state index contributed by atoms with van der Waals surface area (Å²) >= 11 is 0. The van der Waals surface area contributed by atoms with Crippen LogP contribution >= 0.6 is 0 Å². The molecule has 200 valence electrons. The number of hydrogen-bond acceptors (Lipinski definition) is 7. The van der Waals surface area contributed by atoms with Gasteiger partial charge in [0.05, 0.1) is 18.8 Å². The second kappa shape index (κ2) is 11.0. The van der Waals surface area contributed by atoms with Gasteiger partial charge in [-0.05, 0) is 49.6 Å². The number of carbonyl (C=O) groups excluding carboxylic acids is 1. The van der Waals surface area contributed by atoms with Gasteiger partial charge in [-0.25, -0.2) is 9.97 Å². The zero-order chi connectivity index (χ0) is 26.8. The summed E-state index contributed by atoms with van der Waals surface area (Å²) in [5.74, 6) is 1.35. The molecule has 0 saturated carbocycles. The molecule has 3 aromatic rings. The quantitative estimate of drug-likeness (QED) is 0.493. The number of ether oxygens (including phenoxy) is 1. The Kier molecular flexibility index (Phi) is 7.58. The molecule has 1 aliphatic heterocycles. The van der Waals surface area contributed by atoms with Crippen LogP contribution in [0.15, 0.2) is 36.7 Å². The summed E-state index contributed by atoms with van der Waals surface area (Å²) in [7, 11) is 3.49. The third-order valence-corrected chi connectivity index (χ3v) is 7.70. The van der Waals surface area contributed by atoms with Crippen LogP contribution in [0.2, 0.25) is 0 Å². The Hall–Kier alpha value is -3.56. The summed E-state index contributed by atoms with van der Waals surface area (Å²) in [6.45, 7) is 11.1. The molecule has 2 aromatic heterocycles. The van der Waals surface area contributed by atoms with Gasteiger partial charge >= 0.3 is 0 Å². The van der Waals surface area contributed by atoms with Crippen LogP contribution in [0.4, 0.5) is 5.69 Å². The van der Waals surface area contributed by atoms with Crippen LogP contribution < -0.4 is 10.1 Å². The van der Waals surface area contributed by atoms with Crippen molar-refractivity contribution in [1.29, 1.82) is 0 Å². The van der Waals surface area contributed by atoms with Crippen molar-refractivity contribution in [2.24, 2.45) is 7.05 Å². The maximum Gasteiger partial charge on any atom is 0.241 e. The molecule has 38 heavy (non-hydrogen) atoms. The lowest BCUT2D eigenvalue weighted by atomic mass is 9.99. The van der Waals surface area contributed by atoms with E-state index in [0.29, 0.717) is 18.1 Å². The van der Waals surface area contributed by atoms with E-state index in [2.05, 4.69) is 44.3 Å². The summed E-state index contributed by atoms with van der Waals surface area (Å²) in [6.07, 6.45) is 7.30. The third-order valence-electron chi connectivity index (χ3n) is 7.70. The number of hydrogen-bond donors (Lipinski definition) is 1. The van der Waals surface area contributed by atoms with Crippen LogP contribution in [0.1, 0.15) is 47.6 Å². The summed E-state index contributed by atoms with van der Waals surface area (Å²) in [5.41, 5.74) is 7.08. The minimum atomic E-state index is -0.171. The summed E-state index contributed by atoms with van der Waals surface area (Å²) in [5, 5.41) is 7.57. The molecule has 1 N–H and O–H groups in total. The Morgan fingerprint density at radius 3 is 2.74 bits per heavy atom. The second-order valence-electron chi connectivity index (χ2n) is 10.1. The zero-order valence-electron chi connectivity index (χ0n) is 23.0. The molecule has 0 spiro atoms. The van der Waals surface area contributed by atoms with Crippen LogP contribution in [0, 0.1) is 6.92 Å². The van der Waals surface area contributed by atoms with Crippen LogP contribution in [-0.2, 0) is 24.7 Å². The molecule has 1 fully saturated rings. The average Bonchev–Trinajstić information content (AvgIpc) is 3.52. The summed E-state index contributed by atoms with van der Waals surface area (Å²) in [6, 6.07) is 5.95. The van der Waals surface area contributed by atoms with Crippen molar-refractivity contribution >= 4 is 17.2 Å². The highest BCUT2D eigenvalue weighted by Gasteiger charge is 2.27. The van der Waals surface area contributed by atoms with Gasteiger partial charge in [-0.1, -0.05) is 25.1 Å². The first-order chi connectivity index (χ1) is 18.4. The number of aromatic nitrogens is 4. The van der Waals surface area contributed by atoms with Gasteiger partial charge in [0.25, 0.3) is 0 Å². The molecule has 0 unspecified atom stereocenters. The average molecular weight is 516 g/mol. The van der Waals surface area contributed by atoms with Crippen LogP contribution in [0.25, 0.3) is 5.57 Å². The minimum absolute atomic E-state index is 0.0442. The summed E-state index contributed by atoms with van der Waals surface area (Å²) < 4.78 is 7.15. The molecule has 1 atom stereocenters. The number of carbonyl (C=O) groups is 1. The van der Waals surface area contributed by atoms with Crippen LogP contribution in [-0.4, -0.2) is 81.3 Å². The van der Waals surface area contributed by atoms with E-state index in [9.17, 15) is 4.79 Å². The number of allylic oxidation sites excluding steroid dienone is 1. The fourth-order valence-corrected chi connectivity index (χ4v) is 5.40. The van der Waals surface area contributed by atoms with E-state index in [1.807, 2.05) is 45.4 Å². The van der Waals surface area contributed by atoms with Gasteiger partial charge in [0.2, 0.25) is 11.8 Å². The maximum atomic E-state index is 13.2. The van der Waals surface area contributed by atoms with Gasteiger partial charge in [0, 0.05) is 68.9 Å². The van der Waals surface area contributed by atoms with Crippen molar-refractivity contribution in [3.05, 3.63) is 70.4 Å². The predicted molar refractivity (Wildman–Crippen MR) is 148 cm³/mol. The zero-order valence-corrected chi connectivity index (χ0v) is 23.0. The van der Waals surface area contributed by atoms with Gasteiger partial charge in [-0.2, -0.15) is 0 Å². The Morgan fingerprint density at radius 2 is 2.00 bits per heavy atom. The van der Waals surface area contributed by atoms with Crippen LogP contribution in [0.3, 0.4) is 0 Å². The number of benzene rings is 1. The largest absolute Gasteiger partial charge is 0.480 e. The fourth-order valence-electron chi connectivity index (χ4n) is 5.40. The molecule has 1 aromatic carbocycles. The molecule has 2 aliphatic rings. The SMILES string of the molecule is CCN1CCN([C@H](C)C(=O)Nc2cccc3c2CC=C3c2nc(Cc3cn(C)nc3OC)ncc2C)CC1. The standard InChI is InChI=1S/C29H37N7O2/c1-6-35-12-14-36(15-13-35)20(3)28(37)31-25-9-7-8-22-23(25)10-11-24(22)27-19(2)17-30-26(32-27)16-21-18-34(4)33-29(21)38-5/h7-9,11,17-18,20H,6,10,12-16H2,1-5H3,(H,31,37)/t20-/m1/s1. The van der Waals surface area contributed by atoms with Gasteiger partial charge in [-0.3, -0.25) is 14.4 Å². The normalized spacial score (nSPS) is 16.7. The highest BCUT2D eigenvalue weighted by atomic mass is 16.5. The Balaban J connectivity index is 1.34. The van der Waals surface area contributed by atoms with Crippen molar-refractivity contribution in [3.8, 4) is 5.88 Å². The van der Waals surface area contributed by atoms with Crippen molar-refractivity contribution in [2.75, 3.05) is 45.2 Å². The molecular weight excluding hydrogens is 478 g/mol. The second-order valence-corrected chi connectivity index (χ2v) is 10.1. The molecule has 0 radical (unpaired) electrons. The number of nitrogens with one attached hydrogen (secondary N) is 1. The monoisotopic (exact) mass is 515 g/mol. The van der Waals surface area contributed by atoms with Gasteiger partial charge < -0.3 is 15.0 Å². The Morgan fingerprint density at radius 1 is 1.21 bits per heavy atom. The highest BCUT2D eigenvalue weighted by Crippen LogP contribution is 2.37. The number of likely N-dealkylation sites (N-methyl/N-ethyl adjacent to an activating group) is 1. The number of methoxy groups -OCH3 is 1. The van der Waals surface area contributed by atoms with E-state index in [-0.39, 0.29) is 11.9 Å². The van der Waals surface area contributed by atoms with Crippen molar-refractivity contribution in [3.63, 3.8) is 0 Å². The molecule has 1 amide bonds. The smallest absolute Gasteiger partial charge is 0.241 e. The van der Waals surface area contributed by atoms with Crippen molar-refractivity contribution < 1.29 is 9.53 Å². The first-order valence-corrected chi connectivity index (χ1v) is 13.4. The molecular formula is C29H37N7O2. The predicted octanol–water partition coefficient (Wildman–Crippen LogP) is 3.07. The van der Waals surface area contributed by atoms with E-state index in [4.69, 9.17) is 9.72 Å². The van der Waals surface area contributed by atoms with Crippen molar-refractivity contribution in [2.45, 2.75) is 39.7 Å². The Labute approximate surface area is 224 Å². The van der Waals surface area contributed by atoms with E-state index in [1.165, 1.54) is 0 Å². The third kappa shape index (κ3) is 5.21. The van der Waals surface area contributed by atoms with E-state index in [1.54, 1.807) is 11.8 Å². The molecule has 5 rings (SSSR count). The van der Waals surface area contributed by atoms with Gasteiger partial charge in [-0.15, -0.1) is 5.10 Å². The minimum Gasteiger partial charge on any atom is -0.480 e. The highest BCUT2D eigenvalue weighted by molar-refractivity contribution is 5.97. The molecule has 1 aliphatic carbocycles. The van der Waals surface area contributed by atoms with Crippen LogP contribution in [0.5, 0.6) is 5.88 Å². The lowest BCUT2D eigenvalue weighted by Crippen LogP contribution is -2.52. The fraction of sp³-hybridized carbons (Fsp3) is 0.448. The number of aryl methyl sites for hydroxylation is 2. The maximum absolute atomic E-state index is 13.2. The van der Waals surface area contributed by atoms with Gasteiger partial charge in [0.1, 0.15) is 5.82 Å². The molecule has 9 nitrogen and oxygen atoms in total. The first kappa shape index (κ1) is 26.1. The van der Waals surface area contributed by atoms with E-state index in [0.717, 1.165) is 78.4 Å². The topological polar surface area (TPSA) is 88.4 Å². The molecule has 3 heterocycles. The van der Waals surface area contributed by atoms with E-state index >= 15 is 0 Å².